The van der Waals surface area contributed by atoms with Crippen LogP contribution in [-0.4, -0.2) is 9.91 Å². The van der Waals surface area contributed by atoms with E-state index in [-0.39, 0.29) is 12.2 Å². The van der Waals surface area contributed by atoms with Crippen LogP contribution in [0.2, 0.25) is 0 Å². The molecule has 0 spiro atoms. The van der Waals surface area contributed by atoms with E-state index in [0.29, 0.717) is 17.1 Å². The lowest BCUT2D eigenvalue weighted by Crippen LogP contribution is -1.96. The Bertz CT molecular complexity index is 563. The van der Waals surface area contributed by atoms with Crippen molar-refractivity contribution in [2.75, 3.05) is 0 Å². The molecule has 2 N–H and O–H groups in total. The minimum Gasteiger partial charge on any atom is -0.444 e. The molecule has 1 aromatic carbocycles. The smallest absolute Gasteiger partial charge is 0.270 e. The molecule has 0 aliphatic heterocycles. The topological polar surface area (TPSA) is 95.2 Å². The fourth-order valence-corrected chi connectivity index (χ4v) is 1.53. The zero-order chi connectivity index (χ0) is 12.4. The van der Waals surface area contributed by atoms with Gasteiger partial charge in [0.15, 0.2) is 0 Å². The van der Waals surface area contributed by atoms with E-state index in [4.69, 9.17) is 10.2 Å². The number of nitrogens with zero attached hydrogens (tertiary/aromatic N) is 2. The number of benzene rings is 1. The number of non-ortho nitro benzene ring substituents is 1. The molecule has 0 aliphatic carbocycles. The molecule has 0 saturated heterocycles. The molecule has 6 nitrogen and oxygen atoms in total. The number of rotatable bonds is 3. The second kappa shape index (κ2) is 4.34. The normalized spacial score (nSPS) is 10.5. The van der Waals surface area contributed by atoms with Crippen LogP contribution in [0.15, 0.2) is 28.9 Å². The van der Waals surface area contributed by atoms with Crippen LogP contribution in [0.1, 0.15) is 11.3 Å². The summed E-state index contributed by atoms with van der Waals surface area (Å²) in [6, 6.07) is 4.70. The van der Waals surface area contributed by atoms with Crippen LogP contribution in [0.3, 0.4) is 0 Å². The molecule has 2 aromatic rings. The van der Waals surface area contributed by atoms with Gasteiger partial charge in [-0.05, 0) is 18.6 Å². The first-order chi connectivity index (χ1) is 8.10. The summed E-state index contributed by atoms with van der Waals surface area (Å²) >= 11 is 0. The molecule has 2 rings (SSSR count). The van der Waals surface area contributed by atoms with Crippen LogP contribution in [0.4, 0.5) is 5.69 Å². The number of hydrogen-bond acceptors (Lipinski definition) is 5. The van der Waals surface area contributed by atoms with E-state index in [1.54, 1.807) is 13.0 Å². The minimum atomic E-state index is -0.441. The van der Waals surface area contributed by atoms with E-state index < -0.39 is 4.92 Å². The maximum absolute atomic E-state index is 10.7. The van der Waals surface area contributed by atoms with E-state index in [1.165, 1.54) is 18.4 Å². The Labute approximate surface area is 97.2 Å². The quantitative estimate of drug-likeness (QED) is 0.646. The van der Waals surface area contributed by atoms with Gasteiger partial charge in [0.25, 0.3) is 5.69 Å². The molecule has 0 amide bonds. The SMILES string of the molecule is Cc1cc(-c2nc(CN)co2)cc([N+](=O)[O-])c1. The number of aromatic nitrogens is 1. The number of nitro benzene ring substituents is 1. The average Bonchev–Trinajstić information content (AvgIpc) is 2.76. The number of hydrogen-bond donors (Lipinski definition) is 1. The Kier molecular flexibility index (Phi) is 2.88. The van der Waals surface area contributed by atoms with Crippen molar-refractivity contribution in [2.45, 2.75) is 13.5 Å². The number of nitrogens with two attached hydrogens (primary N) is 1. The van der Waals surface area contributed by atoms with E-state index in [0.717, 1.165) is 5.56 Å². The van der Waals surface area contributed by atoms with Gasteiger partial charge in [-0.2, -0.15) is 0 Å². The number of oxazole rings is 1. The molecule has 6 heteroatoms. The van der Waals surface area contributed by atoms with Crippen LogP contribution < -0.4 is 5.73 Å². The van der Waals surface area contributed by atoms with E-state index >= 15 is 0 Å². The Hall–Kier alpha value is -2.21. The van der Waals surface area contributed by atoms with Gasteiger partial charge >= 0.3 is 0 Å². The molecule has 0 radical (unpaired) electrons. The average molecular weight is 233 g/mol. The first-order valence-corrected chi connectivity index (χ1v) is 5.01. The third kappa shape index (κ3) is 2.31. The van der Waals surface area contributed by atoms with Gasteiger partial charge in [-0.25, -0.2) is 4.98 Å². The lowest BCUT2D eigenvalue weighted by molar-refractivity contribution is -0.384. The van der Waals surface area contributed by atoms with Crippen molar-refractivity contribution in [3.05, 3.63) is 45.8 Å². The highest BCUT2D eigenvalue weighted by atomic mass is 16.6. The summed E-state index contributed by atoms with van der Waals surface area (Å²) in [6.45, 7) is 2.06. The van der Waals surface area contributed by atoms with Crippen LogP contribution in [-0.2, 0) is 6.54 Å². The van der Waals surface area contributed by atoms with Crippen molar-refractivity contribution < 1.29 is 9.34 Å². The lowest BCUT2D eigenvalue weighted by atomic mass is 10.1. The fraction of sp³-hybridized carbons (Fsp3) is 0.182. The Morgan fingerprint density at radius 2 is 2.24 bits per heavy atom. The van der Waals surface area contributed by atoms with Gasteiger partial charge in [0.05, 0.1) is 10.6 Å². The van der Waals surface area contributed by atoms with Gasteiger partial charge in [0.1, 0.15) is 6.26 Å². The predicted molar refractivity (Wildman–Crippen MR) is 61.2 cm³/mol. The summed E-state index contributed by atoms with van der Waals surface area (Å²) in [5, 5.41) is 10.7. The Morgan fingerprint density at radius 1 is 1.47 bits per heavy atom. The van der Waals surface area contributed by atoms with Crippen molar-refractivity contribution in [3.8, 4) is 11.5 Å². The monoisotopic (exact) mass is 233 g/mol. The maximum atomic E-state index is 10.7. The lowest BCUT2D eigenvalue weighted by Gasteiger charge is -1.98. The van der Waals surface area contributed by atoms with Crippen molar-refractivity contribution in [2.24, 2.45) is 5.73 Å². The molecule has 0 fully saturated rings. The summed E-state index contributed by atoms with van der Waals surface area (Å²) in [5.74, 6) is 0.345. The number of aryl methyl sites for hydroxylation is 1. The van der Waals surface area contributed by atoms with Crippen LogP contribution >= 0.6 is 0 Å². The fourth-order valence-electron chi connectivity index (χ4n) is 1.53. The highest BCUT2D eigenvalue weighted by Gasteiger charge is 2.12. The minimum absolute atomic E-state index is 0.0208. The molecular weight excluding hydrogens is 222 g/mol. The first-order valence-electron chi connectivity index (χ1n) is 5.01. The first kappa shape index (κ1) is 11.3. The van der Waals surface area contributed by atoms with Crippen molar-refractivity contribution in [1.82, 2.24) is 4.98 Å². The van der Waals surface area contributed by atoms with Gasteiger partial charge in [0.2, 0.25) is 5.89 Å². The standard InChI is InChI=1S/C11H11N3O3/c1-7-2-8(4-10(3-7)14(15)16)11-13-9(5-12)6-17-11/h2-4,6H,5,12H2,1H3. The molecule has 0 saturated carbocycles. The molecule has 0 unspecified atom stereocenters. The molecule has 17 heavy (non-hydrogen) atoms. The van der Waals surface area contributed by atoms with Gasteiger partial charge < -0.3 is 10.2 Å². The second-order valence-corrected chi connectivity index (χ2v) is 3.66. The molecule has 0 aliphatic rings. The summed E-state index contributed by atoms with van der Waals surface area (Å²) in [4.78, 5) is 14.4. The third-order valence-corrected chi connectivity index (χ3v) is 2.28. The molecule has 1 aromatic heterocycles. The molecule has 88 valence electrons. The van der Waals surface area contributed by atoms with Gasteiger partial charge in [0, 0.05) is 24.2 Å². The second-order valence-electron chi connectivity index (χ2n) is 3.66. The molecular formula is C11H11N3O3. The number of nitro groups is 1. The summed E-state index contributed by atoms with van der Waals surface area (Å²) in [5.41, 5.74) is 7.41. The van der Waals surface area contributed by atoms with Crippen LogP contribution in [0.25, 0.3) is 11.5 Å². The Morgan fingerprint density at radius 3 is 2.82 bits per heavy atom. The maximum Gasteiger partial charge on any atom is 0.270 e. The molecule has 1 heterocycles. The van der Waals surface area contributed by atoms with Crippen LogP contribution in [0, 0.1) is 17.0 Å². The predicted octanol–water partition coefficient (Wildman–Crippen LogP) is 2.02. The van der Waals surface area contributed by atoms with Gasteiger partial charge in [-0.15, -0.1) is 0 Å². The van der Waals surface area contributed by atoms with E-state index in [9.17, 15) is 10.1 Å². The zero-order valence-electron chi connectivity index (χ0n) is 9.21. The van der Waals surface area contributed by atoms with Gasteiger partial charge in [-0.1, -0.05) is 0 Å². The third-order valence-electron chi connectivity index (χ3n) is 2.28. The largest absolute Gasteiger partial charge is 0.444 e. The Balaban J connectivity index is 2.47. The van der Waals surface area contributed by atoms with Gasteiger partial charge in [-0.3, -0.25) is 10.1 Å². The van der Waals surface area contributed by atoms with Crippen molar-refractivity contribution >= 4 is 5.69 Å². The molecule has 0 atom stereocenters. The summed E-state index contributed by atoms with van der Waals surface area (Å²) in [6.07, 6.45) is 1.45. The highest BCUT2D eigenvalue weighted by molar-refractivity contribution is 5.59. The summed E-state index contributed by atoms with van der Waals surface area (Å²) < 4.78 is 5.22. The zero-order valence-corrected chi connectivity index (χ0v) is 9.21. The van der Waals surface area contributed by atoms with Crippen molar-refractivity contribution in [3.63, 3.8) is 0 Å². The summed E-state index contributed by atoms with van der Waals surface area (Å²) in [7, 11) is 0. The highest BCUT2D eigenvalue weighted by Crippen LogP contribution is 2.25. The van der Waals surface area contributed by atoms with E-state index in [2.05, 4.69) is 4.98 Å². The van der Waals surface area contributed by atoms with Crippen LogP contribution in [0.5, 0.6) is 0 Å². The van der Waals surface area contributed by atoms with Crippen molar-refractivity contribution in [1.29, 1.82) is 0 Å². The molecule has 0 bridgehead atoms. The van der Waals surface area contributed by atoms with E-state index in [1.807, 2.05) is 0 Å².